The molecular weight excluding hydrogens is 406 g/mol. The Bertz CT molecular complexity index is 1050. The number of aromatic nitrogens is 4. The highest BCUT2D eigenvalue weighted by Crippen LogP contribution is 2.28. The zero-order chi connectivity index (χ0) is 20.3. The van der Waals surface area contributed by atoms with Gasteiger partial charge in [0.05, 0.1) is 22.1 Å². The molecule has 0 aliphatic carbocycles. The van der Waals surface area contributed by atoms with E-state index in [0.29, 0.717) is 18.0 Å². The number of fused-ring (bicyclic) bond motifs is 1. The summed E-state index contributed by atoms with van der Waals surface area (Å²) in [4.78, 5) is 5.11. The van der Waals surface area contributed by atoms with E-state index in [-0.39, 0.29) is 0 Å². The first-order valence-corrected chi connectivity index (χ1v) is 12.6. The van der Waals surface area contributed by atoms with Crippen LogP contribution in [0.4, 0.5) is 0 Å². The van der Waals surface area contributed by atoms with Crippen LogP contribution < -0.4 is 0 Å². The molecule has 1 N–H and O–H groups in total. The van der Waals surface area contributed by atoms with Gasteiger partial charge in [0.1, 0.15) is 0 Å². The van der Waals surface area contributed by atoms with E-state index in [0.717, 1.165) is 60.6 Å². The lowest BCUT2D eigenvalue weighted by Gasteiger charge is -2.25. The Hall–Kier alpha value is -1.84. The molecule has 0 spiro atoms. The summed E-state index contributed by atoms with van der Waals surface area (Å²) in [5, 5.41) is 7.76. The van der Waals surface area contributed by atoms with Crippen molar-refractivity contribution in [3.63, 3.8) is 0 Å². The molecule has 0 atom stereocenters. The third-order valence-corrected chi connectivity index (χ3v) is 8.31. The Kier molecular flexibility index (Phi) is 6.26. The summed E-state index contributed by atoms with van der Waals surface area (Å²) in [6, 6.07) is 5.37. The maximum Gasteiger partial charge on any atom is 0.243 e. The van der Waals surface area contributed by atoms with Gasteiger partial charge in [-0.25, -0.2) is 13.4 Å². The van der Waals surface area contributed by atoms with Crippen LogP contribution in [-0.4, -0.2) is 51.3 Å². The average molecular weight is 434 g/mol. The second-order valence-electron chi connectivity index (χ2n) is 7.31. The van der Waals surface area contributed by atoms with Gasteiger partial charge in [-0.1, -0.05) is 18.2 Å². The van der Waals surface area contributed by atoms with Gasteiger partial charge < -0.3 is 4.57 Å². The van der Waals surface area contributed by atoms with Crippen LogP contribution in [0.15, 0.2) is 40.6 Å². The Morgan fingerprint density at radius 1 is 1.21 bits per heavy atom. The van der Waals surface area contributed by atoms with Crippen molar-refractivity contribution in [2.45, 2.75) is 55.6 Å². The molecule has 0 amide bonds. The van der Waals surface area contributed by atoms with Crippen molar-refractivity contribution in [1.29, 1.82) is 0 Å². The number of thioether (sulfide) groups is 1. The zero-order valence-electron chi connectivity index (χ0n) is 16.7. The predicted octanol–water partition coefficient (Wildman–Crippen LogP) is 3.68. The molecule has 0 unspecified atom stereocenters. The molecular formula is C20H27N5O2S2. The van der Waals surface area contributed by atoms with Crippen molar-refractivity contribution in [2.75, 3.05) is 18.8 Å². The number of benzene rings is 1. The lowest BCUT2D eigenvalue weighted by atomic mass is 10.2. The summed E-state index contributed by atoms with van der Waals surface area (Å²) < 4.78 is 29.8. The molecule has 29 heavy (non-hydrogen) atoms. The average Bonchev–Trinajstić information content (AvgIpc) is 3.38. The fraction of sp³-hybridized carbons (Fsp3) is 0.500. The highest BCUT2D eigenvalue weighted by Gasteiger charge is 2.26. The molecule has 4 rings (SSSR count). The van der Waals surface area contributed by atoms with E-state index in [1.807, 2.05) is 18.5 Å². The quantitative estimate of drug-likeness (QED) is 0.433. The van der Waals surface area contributed by atoms with Crippen LogP contribution in [0.1, 0.15) is 38.2 Å². The summed E-state index contributed by atoms with van der Waals surface area (Å²) in [6.45, 7) is 4.12. The maximum atomic E-state index is 13.0. The monoisotopic (exact) mass is 433 g/mol. The van der Waals surface area contributed by atoms with E-state index in [2.05, 4.69) is 21.7 Å². The number of H-pyrrole nitrogens is 1. The molecule has 0 saturated carbocycles. The Balaban J connectivity index is 1.52. The van der Waals surface area contributed by atoms with Crippen LogP contribution in [0.3, 0.4) is 0 Å². The molecule has 1 fully saturated rings. The predicted molar refractivity (Wildman–Crippen MR) is 116 cm³/mol. The number of piperidine rings is 1. The SMILES string of the molecule is CCn1c(SCCCc2cn[nH]c2)nc2cc(S(=O)(=O)N3CCCCC3)ccc21. The molecule has 0 radical (unpaired) electrons. The first-order valence-electron chi connectivity index (χ1n) is 10.2. The highest BCUT2D eigenvalue weighted by atomic mass is 32.2. The van der Waals surface area contributed by atoms with Crippen molar-refractivity contribution in [3.05, 3.63) is 36.2 Å². The lowest BCUT2D eigenvalue weighted by Crippen LogP contribution is -2.35. The van der Waals surface area contributed by atoms with E-state index in [1.165, 1.54) is 5.56 Å². The van der Waals surface area contributed by atoms with Gasteiger partial charge in [-0.3, -0.25) is 5.10 Å². The lowest BCUT2D eigenvalue weighted by molar-refractivity contribution is 0.346. The first-order chi connectivity index (χ1) is 14.1. The van der Waals surface area contributed by atoms with Crippen LogP contribution in [0.25, 0.3) is 11.0 Å². The van der Waals surface area contributed by atoms with Crippen molar-refractivity contribution in [1.82, 2.24) is 24.1 Å². The summed E-state index contributed by atoms with van der Waals surface area (Å²) in [7, 11) is -3.44. The summed E-state index contributed by atoms with van der Waals surface area (Å²) in [5.41, 5.74) is 2.95. The molecule has 1 saturated heterocycles. The fourth-order valence-corrected chi connectivity index (χ4v) is 6.33. The van der Waals surface area contributed by atoms with Gasteiger partial charge in [0.2, 0.25) is 10.0 Å². The minimum absolute atomic E-state index is 0.351. The van der Waals surface area contributed by atoms with Gasteiger partial charge in [0.25, 0.3) is 0 Å². The summed E-state index contributed by atoms with van der Waals surface area (Å²) in [5.74, 6) is 0.952. The zero-order valence-corrected chi connectivity index (χ0v) is 18.3. The molecule has 3 aromatic rings. The van der Waals surface area contributed by atoms with Crippen LogP contribution in [0, 0.1) is 0 Å². The van der Waals surface area contributed by atoms with Crippen LogP contribution in [0.5, 0.6) is 0 Å². The van der Waals surface area contributed by atoms with E-state index < -0.39 is 10.0 Å². The normalized spacial score (nSPS) is 15.9. The highest BCUT2D eigenvalue weighted by molar-refractivity contribution is 7.99. The maximum absolute atomic E-state index is 13.0. The number of hydrogen-bond acceptors (Lipinski definition) is 5. The number of hydrogen-bond donors (Lipinski definition) is 1. The van der Waals surface area contributed by atoms with E-state index in [4.69, 9.17) is 4.98 Å². The van der Waals surface area contributed by atoms with Gasteiger partial charge in [0.15, 0.2) is 5.16 Å². The molecule has 2 aromatic heterocycles. The topological polar surface area (TPSA) is 83.9 Å². The Morgan fingerprint density at radius 3 is 2.76 bits per heavy atom. The molecule has 1 aliphatic rings. The summed E-state index contributed by atoms with van der Waals surface area (Å²) >= 11 is 1.72. The van der Waals surface area contributed by atoms with Crippen LogP contribution >= 0.6 is 11.8 Å². The van der Waals surface area contributed by atoms with Crippen molar-refractivity contribution in [2.24, 2.45) is 0 Å². The third kappa shape index (κ3) is 4.36. The van der Waals surface area contributed by atoms with Gasteiger partial charge in [0, 0.05) is 31.6 Å². The largest absolute Gasteiger partial charge is 0.319 e. The fourth-order valence-electron chi connectivity index (χ4n) is 3.77. The first kappa shape index (κ1) is 20.4. The van der Waals surface area contributed by atoms with Crippen LogP contribution in [0.2, 0.25) is 0 Å². The van der Waals surface area contributed by atoms with Gasteiger partial charge >= 0.3 is 0 Å². The van der Waals surface area contributed by atoms with E-state index in [9.17, 15) is 8.42 Å². The number of aromatic amines is 1. The number of rotatable bonds is 8. The Morgan fingerprint density at radius 2 is 2.03 bits per heavy atom. The molecule has 3 heterocycles. The van der Waals surface area contributed by atoms with Crippen LogP contribution in [-0.2, 0) is 23.0 Å². The smallest absolute Gasteiger partial charge is 0.243 e. The summed E-state index contributed by atoms with van der Waals surface area (Å²) in [6.07, 6.45) is 8.77. The van der Waals surface area contributed by atoms with Gasteiger partial charge in [-0.2, -0.15) is 9.40 Å². The third-order valence-electron chi connectivity index (χ3n) is 5.35. The minimum atomic E-state index is -3.44. The molecule has 7 nitrogen and oxygen atoms in total. The van der Waals surface area contributed by atoms with Crippen molar-refractivity contribution < 1.29 is 8.42 Å². The molecule has 156 valence electrons. The molecule has 0 bridgehead atoms. The second kappa shape index (κ2) is 8.89. The number of nitrogens with one attached hydrogen (secondary N) is 1. The minimum Gasteiger partial charge on any atom is -0.319 e. The Labute approximate surface area is 175 Å². The number of sulfonamides is 1. The standard InChI is InChI=1S/C20H27N5O2S2/c1-2-25-19-9-8-17(29(26,27)24-10-4-3-5-11-24)13-18(19)23-20(25)28-12-6-7-16-14-21-22-15-16/h8-9,13-15H,2-7,10-12H2,1H3,(H,21,22). The van der Waals surface area contributed by atoms with Crippen molar-refractivity contribution >= 4 is 32.8 Å². The van der Waals surface area contributed by atoms with Gasteiger partial charge in [-0.15, -0.1) is 0 Å². The van der Waals surface area contributed by atoms with E-state index >= 15 is 0 Å². The molecule has 1 aliphatic heterocycles. The van der Waals surface area contributed by atoms with Crippen molar-refractivity contribution in [3.8, 4) is 0 Å². The second-order valence-corrected chi connectivity index (χ2v) is 10.3. The molecule has 9 heteroatoms. The number of nitrogens with zero attached hydrogens (tertiary/aromatic N) is 4. The number of imidazole rings is 1. The molecule has 1 aromatic carbocycles. The number of aryl methyl sites for hydroxylation is 2. The van der Waals surface area contributed by atoms with Gasteiger partial charge in [-0.05, 0) is 56.4 Å². The van der Waals surface area contributed by atoms with E-state index in [1.54, 1.807) is 28.2 Å².